The van der Waals surface area contributed by atoms with Crippen LogP contribution in [0.1, 0.15) is 11.3 Å². The summed E-state index contributed by atoms with van der Waals surface area (Å²) in [4.78, 5) is 32.8. The van der Waals surface area contributed by atoms with Gasteiger partial charge in [-0.2, -0.15) is 0 Å². The lowest BCUT2D eigenvalue weighted by atomic mass is 10.2. The highest BCUT2D eigenvalue weighted by Gasteiger charge is 2.20. The third kappa shape index (κ3) is 5.03. The molecule has 1 fully saturated rings. The highest BCUT2D eigenvalue weighted by atomic mass is 32.1. The Morgan fingerprint density at radius 1 is 1.19 bits per heavy atom. The highest BCUT2D eigenvalue weighted by Crippen LogP contribution is 2.17. The maximum absolute atomic E-state index is 12.4. The first-order chi connectivity index (χ1) is 12.5. The minimum Gasteiger partial charge on any atom is -0.340 e. The van der Waals surface area contributed by atoms with Crippen molar-refractivity contribution in [3.8, 4) is 0 Å². The lowest BCUT2D eigenvalue weighted by molar-refractivity contribution is -0.132. The van der Waals surface area contributed by atoms with E-state index in [4.69, 9.17) is 0 Å². The summed E-state index contributed by atoms with van der Waals surface area (Å²) in [6.07, 6.45) is 0.265. The summed E-state index contributed by atoms with van der Waals surface area (Å²) in [5, 5.41) is 7.79. The Morgan fingerprint density at radius 2 is 1.96 bits per heavy atom. The average Bonchev–Trinajstić information content (AvgIpc) is 3.02. The van der Waals surface area contributed by atoms with Gasteiger partial charge in [-0.05, 0) is 31.7 Å². The van der Waals surface area contributed by atoms with E-state index in [0.717, 1.165) is 37.4 Å². The number of urea groups is 1. The zero-order valence-electron chi connectivity index (χ0n) is 15.0. The van der Waals surface area contributed by atoms with Crippen molar-refractivity contribution in [1.82, 2.24) is 14.8 Å². The Balaban J connectivity index is 1.51. The molecule has 26 heavy (non-hydrogen) atoms. The van der Waals surface area contributed by atoms with Gasteiger partial charge in [-0.3, -0.25) is 10.1 Å². The van der Waals surface area contributed by atoms with E-state index in [0.29, 0.717) is 10.8 Å². The third-order valence-electron chi connectivity index (χ3n) is 4.24. The lowest BCUT2D eigenvalue weighted by Gasteiger charge is -2.32. The number of amides is 3. The smallest absolute Gasteiger partial charge is 0.325 e. The van der Waals surface area contributed by atoms with Crippen molar-refractivity contribution in [3.63, 3.8) is 0 Å². The number of thiazole rings is 1. The molecule has 3 amide bonds. The maximum atomic E-state index is 12.4. The minimum absolute atomic E-state index is 0.0826. The van der Waals surface area contributed by atoms with Crippen LogP contribution in [-0.4, -0.2) is 59.9 Å². The Bertz CT molecular complexity index is 783. The summed E-state index contributed by atoms with van der Waals surface area (Å²) in [6.45, 7) is 5.27. The fraction of sp³-hybridized carbons (Fsp3) is 0.389. The quantitative estimate of drug-likeness (QED) is 0.863. The molecule has 0 saturated carbocycles. The molecule has 2 N–H and O–H groups in total. The molecule has 2 heterocycles. The van der Waals surface area contributed by atoms with E-state index in [1.54, 1.807) is 0 Å². The topological polar surface area (TPSA) is 77.6 Å². The van der Waals surface area contributed by atoms with E-state index in [1.165, 1.54) is 11.3 Å². The summed E-state index contributed by atoms with van der Waals surface area (Å²) in [6, 6.07) is 7.22. The van der Waals surface area contributed by atoms with Gasteiger partial charge in [0, 0.05) is 37.2 Å². The van der Waals surface area contributed by atoms with Crippen LogP contribution in [0.2, 0.25) is 0 Å². The van der Waals surface area contributed by atoms with Crippen molar-refractivity contribution in [2.24, 2.45) is 0 Å². The number of nitrogens with zero attached hydrogens (tertiary/aromatic N) is 3. The summed E-state index contributed by atoms with van der Waals surface area (Å²) in [5.74, 6) is 0.0826. The Morgan fingerprint density at radius 3 is 2.69 bits per heavy atom. The molecular weight excluding hydrogens is 350 g/mol. The zero-order chi connectivity index (χ0) is 18.5. The number of carbonyl (C=O) groups excluding carboxylic acids is 2. The fourth-order valence-electron chi connectivity index (χ4n) is 2.75. The van der Waals surface area contributed by atoms with E-state index in [9.17, 15) is 9.59 Å². The first-order valence-electron chi connectivity index (χ1n) is 8.55. The second-order valence-electron chi connectivity index (χ2n) is 6.45. The number of aryl methyl sites for hydroxylation is 1. The second-order valence-corrected chi connectivity index (χ2v) is 7.31. The molecule has 1 aromatic carbocycles. The second kappa shape index (κ2) is 8.29. The van der Waals surface area contributed by atoms with Crippen LogP contribution in [0.5, 0.6) is 0 Å². The van der Waals surface area contributed by atoms with Gasteiger partial charge in [0.15, 0.2) is 5.13 Å². The number of nitrogens with one attached hydrogen (secondary N) is 2. The van der Waals surface area contributed by atoms with Gasteiger partial charge in [0.1, 0.15) is 0 Å². The highest BCUT2D eigenvalue weighted by molar-refractivity contribution is 7.14. The van der Waals surface area contributed by atoms with Crippen molar-refractivity contribution in [2.45, 2.75) is 13.3 Å². The average molecular weight is 373 g/mol. The van der Waals surface area contributed by atoms with Gasteiger partial charge in [-0.25, -0.2) is 9.78 Å². The molecule has 0 spiro atoms. The Hall–Kier alpha value is -2.45. The van der Waals surface area contributed by atoms with Crippen LogP contribution in [0.15, 0.2) is 29.6 Å². The SMILES string of the molecule is Cc1cccc(NC(=O)Nc2nc(CC(=O)N3CCN(C)CC3)cs2)c1. The molecule has 8 heteroatoms. The molecule has 138 valence electrons. The number of likely N-dealkylation sites (N-methyl/N-ethyl adjacent to an activating group) is 1. The van der Waals surface area contributed by atoms with E-state index >= 15 is 0 Å². The van der Waals surface area contributed by atoms with Crippen molar-refractivity contribution < 1.29 is 9.59 Å². The monoisotopic (exact) mass is 373 g/mol. The first-order valence-corrected chi connectivity index (χ1v) is 9.43. The van der Waals surface area contributed by atoms with E-state index in [1.807, 2.05) is 41.5 Å². The molecule has 1 saturated heterocycles. The Kier molecular flexibility index (Phi) is 5.85. The summed E-state index contributed by atoms with van der Waals surface area (Å²) >= 11 is 1.32. The van der Waals surface area contributed by atoms with Crippen LogP contribution < -0.4 is 10.6 Å². The molecule has 0 atom stereocenters. The van der Waals surface area contributed by atoms with Gasteiger partial charge in [-0.1, -0.05) is 12.1 Å². The lowest BCUT2D eigenvalue weighted by Crippen LogP contribution is -2.47. The summed E-state index contributed by atoms with van der Waals surface area (Å²) in [5.41, 5.74) is 2.48. The standard InChI is InChI=1S/C18H23N5O2S/c1-13-4-3-5-14(10-13)19-17(25)21-18-20-15(12-26-18)11-16(24)23-8-6-22(2)7-9-23/h3-5,10,12H,6-9,11H2,1-2H3,(H2,19,20,21,25). The van der Waals surface area contributed by atoms with Gasteiger partial charge in [0.25, 0.3) is 0 Å². The van der Waals surface area contributed by atoms with Gasteiger partial charge in [-0.15, -0.1) is 11.3 Å². The third-order valence-corrected chi connectivity index (χ3v) is 5.04. The number of anilines is 2. The molecule has 3 rings (SSSR count). The predicted molar refractivity (Wildman–Crippen MR) is 104 cm³/mol. The summed E-state index contributed by atoms with van der Waals surface area (Å²) in [7, 11) is 2.06. The van der Waals surface area contributed by atoms with Crippen molar-refractivity contribution in [1.29, 1.82) is 0 Å². The van der Waals surface area contributed by atoms with Crippen LogP contribution in [-0.2, 0) is 11.2 Å². The van der Waals surface area contributed by atoms with E-state index < -0.39 is 0 Å². The molecule has 0 bridgehead atoms. The van der Waals surface area contributed by atoms with Crippen LogP contribution in [0.4, 0.5) is 15.6 Å². The normalized spacial score (nSPS) is 14.9. The van der Waals surface area contributed by atoms with Gasteiger partial charge < -0.3 is 15.1 Å². The Labute approximate surface area is 157 Å². The first kappa shape index (κ1) is 18.3. The number of hydrogen-bond acceptors (Lipinski definition) is 5. The number of piperazine rings is 1. The number of aromatic nitrogens is 1. The number of carbonyl (C=O) groups is 2. The molecule has 0 radical (unpaired) electrons. The maximum Gasteiger partial charge on any atom is 0.325 e. The van der Waals surface area contributed by atoms with Crippen LogP contribution in [0, 0.1) is 6.92 Å². The van der Waals surface area contributed by atoms with E-state index in [2.05, 4.69) is 27.6 Å². The molecule has 1 aliphatic heterocycles. The van der Waals surface area contributed by atoms with Crippen LogP contribution in [0.3, 0.4) is 0 Å². The molecule has 2 aromatic rings. The van der Waals surface area contributed by atoms with E-state index in [-0.39, 0.29) is 18.4 Å². The van der Waals surface area contributed by atoms with Crippen LogP contribution in [0.25, 0.3) is 0 Å². The fourth-order valence-corrected chi connectivity index (χ4v) is 3.46. The van der Waals surface area contributed by atoms with Crippen molar-refractivity contribution in [3.05, 3.63) is 40.9 Å². The van der Waals surface area contributed by atoms with Crippen molar-refractivity contribution >= 4 is 34.1 Å². The van der Waals surface area contributed by atoms with Gasteiger partial charge in [0.2, 0.25) is 5.91 Å². The zero-order valence-corrected chi connectivity index (χ0v) is 15.8. The van der Waals surface area contributed by atoms with Crippen molar-refractivity contribution in [2.75, 3.05) is 43.9 Å². The minimum atomic E-state index is -0.345. The molecular formula is C18H23N5O2S. The number of benzene rings is 1. The van der Waals surface area contributed by atoms with Gasteiger partial charge in [0.05, 0.1) is 12.1 Å². The number of rotatable bonds is 4. The van der Waals surface area contributed by atoms with Gasteiger partial charge >= 0.3 is 6.03 Å². The molecule has 1 aliphatic rings. The van der Waals surface area contributed by atoms with Crippen LogP contribution >= 0.6 is 11.3 Å². The predicted octanol–water partition coefficient (Wildman–Crippen LogP) is 2.41. The molecule has 1 aromatic heterocycles. The molecule has 7 nitrogen and oxygen atoms in total. The summed E-state index contributed by atoms with van der Waals surface area (Å²) < 4.78 is 0. The molecule has 0 unspecified atom stereocenters. The molecule has 0 aliphatic carbocycles. The number of hydrogen-bond donors (Lipinski definition) is 2. The largest absolute Gasteiger partial charge is 0.340 e.